The van der Waals surface area contributed by atoms with Crippen LogP contribution in [0.25, 0.3) is 0 Å². The smallest absolute Gasteiger partial charge is 0.308 e. The molecule has 0 saturated carbocycles. The zero-order valence-electron chi connectivity index (χ0n) is 11.0. The summed E-state index contributed by atoms with van der Waals surface area (Å²) < 4.78 is 13.6. The van der Waals surface area contributed by atoms with Crippen LogP contribution in [0, 0.1) is 17.7 Å². The molecule has 1 N–H and O–H groups in total. The van der Waals surface area contributed by atoms with E-state index in [9.17, 15) is 14.0 Å². The lowest BCUT2D eigenvalue weighted by atomic mass is 9.99. The lowest BCUT2D eigenvalue weighted by Gasteiger charge is -2.16. The van der Waals surface area contributed by atoms with Gasteiger partial charge in [-0.05, 0) is 18.1 Å². The van der Waals surface area contributed by atoms with Crippen LogP contribution in [0.5, 0.6) is 0 Å². The molecule has 0 spiro atoms. The Morgan fingerprint density at radius 2 is 2.15 bits per heavy atom. The molecule has 2 atom stereocenters. The molecule has 0 aromatic heterocycles. The minimum absolute atomic E-state index is 0.104. The van der Waals surface area contributed by atoms with E-state index in [2.05, 4.69) is 0 Å². The number of carbonyl (C=O) groups excluding carboxylic acids is 1. The first-order valence-corrected chi connectivity index (χ1v) is 6.71. The van der Waals surface area contributed by atoms with Crippen molar-refractivity contribution in [1.29, 1.82) is 0 Å². The van der Waals surface area contributed by atoms with Crippen LogP contribution in [0.15, 0.2) is 18.2 Å². The third-order valence-electron chi connectivity index (χ3n) is 3.67. The van der Waals surface area contributed by atoms with Crippen LogP contribution in [-0.4, -0.2) is 35.0 Å². The van der Waals surface area contributed by atoms with Crippen molar-refractivity contribution in [3.8, 4) is 0 Å². The minimum atomic E-state index is -0.906. The van der Waals surface area contributed by atoms with Crippen molar-refractivity contribution in [2.75, 3.05) is 13.1 Å². The first kappa shape index (κ1) is 14.8. The minimum Gasteiger partial charge on any atom is -0.481 e. The molecule has 0 unspecified atom stereocenters. The van der Waals surface area contributed by atoms with Gasteiger partial charge in [-0.15, -0.1) is 0 Å². The van der Waals surface area contributed by atoms with Crippen molar-refractivity contribution in [2.45, 2.75) is 13.3 Å². The van der Waals surface area contributed by atoms with E-state index in [0.717, 1.165) is 0 Å². The van der Waals surface area contributed by atoms with E-state index < -0.39 is 17.7 Å². The van der Waals surface area contributed by atoms with Crippen LogP contribution < -0.4 is 0 Å². The highest BCUT2D eigenvalue weighted by atomic mass is 35.5. The molecule has 108 valence electrons. The van der Waals surface area contributed by atoms with Gasteiger partial charge in [0.1, 0.15) is 5.82 Å². The number of nitrogens with zero attached hydrogens (tertiary/aromatic N) is 1. The maximum atomic E-state index is 13.6. The van der Waals surface area contributed by atoms with Crippen molar-refractivity contribution >= 4 is 23.5 Å². The first-order valence-electron chi connectivity index (χ1n) is 6.33. The summed E-state index contributed by atoms with van der Waals surface area (Å²) in [6, 6.07) is 4.26. The van der Waals surface area contributed by atoms with Gasteiger partial charge < -0.3 is 10.0 Å². The molecule has 1 aromatic carbocycles. The Morgan fingerprint density at radius 1 is 1.45 bits per heavy atom. The number of carbonyl (C=O) groups is 2. The van der Waals surface area contributed by atoms with Crippen LogP contribution in [0.3, 0.4) is 0 Å². The third kappa shape index (κ3) is 2.93. The maximum absolute atomic E-state index is 13.6. The Bertz CT molecular complexity index is 529. The number of halogens is 2. The van der Waals surface area contributed by atoms with Gasteiger partial charge in [0.05, 0.1) is 12.3 Å². The van der Waals surface area contributed by atoms with Gasteiger partial charge in [-0.25, -0.2) is 4.39 Å². The fourth-order valence-electron chi connectivity index (χ4n) is 2.46. The van der Waals surface area contributed by atoms with Crippen molar-refractivity contribution in [2.24, 2.45) is 11.8 Å². The lowest BCUT2D eigenvalue weighted by Crippen LogP contribution is -2.31. The molecule has 0 bridgehead atoms. The molecule has 1 aliphatic heterocycles. The molecule has 1 fully saturated rings. The van der Waals surface area contributed by atoms with Crippen molar-refractivity contribution in [1.82, 2.24) is 4.90 Å². The van der Waals surface area contributed by atoms with E-state index in [1.165, 1.54) is 23.1 Å². The second-order valence-electron chi connectivity index (χ2n) is 5.10. The summed E-state index contributed by atoms with van der Waals surface area (Å²) in [7, 11) is 0. The lowest BCUT2D eigenvalue weighted by molar-refractivity contribution is -0.142. The van der Waals surface area contributed by atoms with Crippen LogP contribution in [0.1, 0.15) is 12.5 Å². The van der Waals surface area contributed by atoms with Gasteiger partial charge >= 0.3 is 5.97 Å². The first-order chi connectivity index (χ1) is 9.40. The van der Waals surface area contributed by atoms with E-state index in [1.54, 1.807) is 6.92 Å². The average molecular weight is 300 g/mol. The maximum Gasteiger partial charge on any atom is 0.308 e. The quantitative estimate of drug-likeness (QED) is 0.931. The summed E-state index contributed by atoms with van der Waals surface area (Å²) in [5, 5.41) is 9.25. The van der Waals surface area contributed by atoms with Gasteiger partial charge in [-0.1, -0.05) is 24.6 Å². The van der Waals surface area contributed by atoms with E-state index in [0.29, 0.717) is 6.54 Å². The second-order valence-corrected chi connectivity index (χ2v) is 5.50. The third-order valence-corrected chi connectivity index (χ3v) is 4.03. The van der Waals surface area contributed by atoms with Crippen molar-refractivity contribution in [3.05, 3.63) is 34.6 Å². The van der Waals surface area contributed by atoms with Gasteiger partial charge in [0.15, 0.2) is 0 Å². The van der Waals surface area contributed by atoms with Crippen LogP contribution in [-0.2, 0) is 16.0 Å². The highest BCUT2D eigenvalue weighted by Crippen LogP contribution is 2.25. The van der Waals surface area contributed by atoms with E-state index in [1.807, 2.05) is 0 Å². The second kappa shape index (κ2) is 5.79. The zero-order chi connectivity index (χ0) is 14.9. The van der Waals surface area contributed by atoms with E-state index in [4.69, 9.17) is 16.7 Å². The fourth-order valence-corrected chi connectivity index (χ4v) is 2.69. The molecule has 4 nitrogen and oxygen atoms in total. The molecular formula is C14H15ClFNO3. The van der Waals surface area contributed by atoms with Crippen LogP contribution in [0.4, 0.5) is 4.39 Å². The Balaban J connectivity index is 2.08. The Hall–Kier alpha value is -1.62. The van der Waals surface area contributed by atoms with E-state index in [-0.39, 0.29) is 35.4 Å². The molecule has 0 radical (unpaired) electrons. The summed E-state index contributed by atoms with van der Waals surface area (Å²) in [5.74, 6) is -2.39. The standard InChI is InChI=1S/C14H15ClFNO3/c1-8-6-17(7-10(8)14(19)20)13(18)5-9-11(15)3-2-4-12(9)16/h2-4,8,10H,5-7H2,1H3,(H,19,20)/t8-,10-/m1/s1. The number of hydrogen-bond donors (Lipinski definition) is 1. The van der Waals surface area contributed by atoms with Gasteiger partial charge in [0.25, 0.3) is 0 Å². The number of aliphatic carboxylic acids is 1. The monoisotopic (exact) mass is 299 g/mol. The van der Waals surface area contributed by atoms with Gasteiger partial charge in [-0.3, -0.25) is 9.59 Å². The summed E-state index contributed by atoms with van der Waals surface area (Å²) >= 11 is 5.88. The molecule has 1 aliphatic rings. The zero-order valence-corrected chi connectivity index (χ0v) is 11.7. The van der Waals surface area contributed by atoms with Gasteiger partial charge in [0, 0.05) is 23.7 Å². The van der Waals surface area contributed by atoms with Crippen molar-refractivity contribution < 1.29 is 19.1 Å². The summed E-state index contributed by atoms with van der Waals surface area (Å²) in [6.07, 6.45) is -0.148. The molecule has 1 aromatic rings. The van der Waals surface area contributed by atoms with Gasteiger partial charge in [0.2, 0.25) is 5.91 Å². The molecular weight excluding hydrogens is 285 g/mol. The summed E-state index contributed by atoms with van der Waals surface area (Å²) in [4.78, 5) is 24.6. The summed E-state index contributed by atoms with van der Waals surface area (Å²) in [6.45, 7) is 2.34. The molecule has 1 amide bonds. The number of benzene rings is 1. The van der Waals surface area contributed by atoms with Crippen molar-refractivity contribution in [3.63, 3.8) is 0 Å². The highest BCUT2D eigenvalue weighted by molar-refractivity contribution is 6.31. The number of carboxylic acid groups (broad SMARTS) is 1. The molecule has 0 aliphatic carbocycles. The predicted molar refractivity (Wildman–Crippen MR) is 72.0 cm³/mol. The summed E-state index contributed by atoms with van der Waals surface area (Å²) in [5.41, 5.74) is 0.158. The molecule has 20 heavy (non-hydrogen) atoms. The topological polar surface area (TPSA) is 57.6 Å². The van der Waals surface area contributed by atoms with Crippen LogP contribution in [0.2, 0.25) is 5.02 Å². The number of hydrogen-bond acceptors (Lipinski definition) is 2. The number of likely N-dealkylation sites (tertiary alicyclic amines) is 1. The molecule has 2 rings (SSSR count). The Kier molecular flexibility index (Phi) is 4.28. The molecule has 1 saturated heterocycles. The average Bonchev–Trinajstić information content (AvgIpc) is 2.76. The SMILES string of the molecule is C[C@@H]1CN(C(=O)Cc2c(F)cccc2Cl)C[C@H]1C(=O)O. The fraction of sp³-hybridized carbons (Fsp3) is 0.429. The number of rotatable bonds is 3. The normalized spacial score (nSPS) is 22.1. The predicted octanol–water partition coefficient (Wildman–Crippen LogP) is 2.20. The highest BCUT2D eigenvalue weighted by Gasteiger charge is 2.37. The Morgan fingerprint density at radius 3 is 2.70 bits per heavy atom. The molecule has 6 heteroatoms. The number of carboxylic acids is 1. The molecule has 1 heterocycles. The Labute approximate surface area is 121 Å². The number of amides is 1. The van der Waals surface area contributed by atoms with Gasteiger partial charge in [-0.2, -0.15) is 0 Å². The van der Waals surface area contributed by atoms with Crippen LogP contribution >= 0.6 is 11.6 Å². The largest absolute Gasteiger partial charge is 0.481 e. The van der Waals surface area contributed by atoms with E-state index >= 15 is 0 Å².